The molecule has 1 aromatic rings. The summed E-state index contributed by atoms with van der Waals surface area (Å²) < 4.78 is 10.8. The van der Waals surface area contributed by atoms with Crippen LogP contribution in [0.25, 0.3) is 0 Å². The van der Waals surface area contributed by atoms with E-state index in [1.807, 2.05) is 27.7 Å². The number of nitrogens with zero attached hydrogens (tertiary/aromatic N) is 2. The number of hydrogen-bond acceptors (Lipinski definition) is 6. The third-order valence-electron chi connectivity index (χ3n) is 3.32. The number of aromatic nitrogens is 2. The van der Waals surface area contributed by atoms with Crippen LogP contribution in [0.2, 0.25) is 5.28 Å². The molecule has 8 nitrogen and oxygen atoms in total. The third-order valence-corrected chi connectivity index (χ3v) is 3.51. The predicted octanol–water partition coefficient (Wildman–Crippen LogP) is 2.58. The van der Waals surface area contributed by atoms with Gasteiger partial charge in [0.05, 0.1) is 11.6 Å². The number of nitrogens with one attached hydrogen (secondary N) is 2. The number of hydrogen-bond donors (Lipinski definition) is 3. The minimum absolute atomic E-state index is 0.0662. The summed E-state index contributed by atoms with van der Waals surface area (Å²) in [6, 6.07) is -0.304. The normalized spacial score (nSPS) is 11.8. The topological polar surface area (TPSA) is 106 Å². The lowest BCUT2D eigenvalue weighted by atomic mass is 10.0. The minimum atomic E-state index is -1.08. The van der Waals surface area contributed by atoms with Gasteiger partial charge in [0.15, 0.2) is 0 Å². The summed E-state index contributed by atoms with van der Waals surface area (Å²) in [4.78, 5) is 19.0. The van der Waals surface area contributed by atoms with Crippen molar-refractivity contribution in [3.05, 3.63) is 17.0 Å². The number of rotatable bonds is 9. The monoisotopic (exact) mass is 384 g/mol. The Morgan fingerprint density at radius 2 is 2.00 bits per heavy atom. The average Bonchev–Trinajstić information content (AvgIpc) is 2.57. The first-order valence-electron chi connectivity index (χ1n) is 8.37. The molecule has 0 unspecified atom stereocenters. The average molecular weight is 385 g/mol. The van der Waals surface area contributed by atoms with Crippen molar-refractivity contribution in [2.75, 3.05) is 25.1 Å². The molecule has 3 N–H and O–H groups in total. The number of amides is 1. The van der Waals surface area contributed by atoms with Crippen molar-refractivity contribution in [3.63, 3.8) is 0 Å². The highest BCUT2D eigenvalue weighted by atomic mass is 35.5. The summed E-state index contributed by atoms with van der Waals surface area (Å²) in [5.74, 6) is 6.30. The predicted molar refractivity (Wildman–Crippen MR) is 99.2 cm³/mol. The van der Waals surface area contributed by atoms with Gasteiger partial charge in [0, 0.05) is 26.0 Å². The van der Waals surface area contributed by atoms with E-state index in [1.54, 1.807) is 0 Å². The van der Waals surface area contributed by atoms with Crippen LogP contribution in [0.1, 0.15) is 33.3 Å². The first-order chi connectivity index (χ1) is 12.4. The van der Waals surface area contributed by atoms with Crippen LogP contribution in [0.5, 0.6) is 0 Å². The van der Waals surface area contributed by atoms with Crippen LogP contribution < -0.4 is 10.6 Å². The molecule has 1 amide bonds. The highest BCUT2D eigenvalue weighted by Gasteiger charge is 2.16. The summed E-state index contributed by atoms with van der Waals surface area (Å²) >= 11 is 5.87. The summed E-state index contributed by atoms with van der Waals surface area (Å²) in [5.41, 5.74) is 0.511. The van der Waals surface area contributed by atoms with Crippen molar-refractivity contribution in [3.8, 4) is 11.8 Å². The van der Waals surface area contributed by atoms with Crippen LogP contribution in [-0.4, -0.2) is 53.3 Å². The van der Waals surface area contributed by atoms with Crippen LogP contribution in [-0.2, 0) is 9.47 Å². The zero-order valence-corrected chi connectivity index (χ0v) is 16.1. The van der Waals surface area contributed by atoms with E-state index in [1.165, 1.54) is 6.20 Å². The van der Waals surface area contributed by atoms with Crippen molar-refractivity contribution in [1.82, 2.24) is 15.3 Å². The molecular weight excluding hydrogens is 360 g/mol. The molecule has 0 saturated carbocycles. The molecule has 9 heteroatoms. The maximum absolute atomic E-state index is 10.9. The molecule has 0 spiro atoms. The Bertz CT molecular complexity index is 639. The highest BCUT2D eigenvalue weighted by molar-refractivity contribution is 6.28. The molecule has 0 aliphatic rings. The van der Waals surface area contributed by atoms with Crippen molar-refractivity contribution in [2.45, 2.75) is 40.0 Å². The molecule has 0 radical (unpaired) electrons. The lowest BCUT2D eigenvalue weighted by Gasteiger charge is -2.21. The molecule has 0 saturated heterocycles. The summed E-state index contributed by atoms with van der Waals surface area (Å²) in [6.45, 7) is 8.82. The van der Waals surface area contributed by atoms with E-state index in [4.69, 9.17) is 26.2 Å². The molecular formula is C17H25ClN4O4. The molecule has 0 fully saturated rings. The fourth-order valence-corrected chi connectivity index (χ4v) is 2.11. The Balaban J connectivity index is 2.95. The molecule has 1 rings (SSSR count). The molecule has 0 aromatic carbocycles. The largest absolute Gasteiger partial charge is 0.465 e. The van der Waals surface area contributed by atoms with Gasteiger partial charge in [-0.2, -0.15) is 4.98 Å². The second kappa shape index (κ2) is 11.5. The van der Waals surface area contributed by atoms with E-state index >= 15 is 0 Å². The van der Waals surface area contributed by atoms with Crippen molar-refractivity contribution < 1.29 is 19.4 Å². The van der Waals surface area contributed by atoms with Crippen molar-refractivity contribution >= 4 is 23.5 Å². The quantitative estimate of drug-likeness (QED) is 0.341. The van der Waals surface area contributed by atoms with E-state index < -0.39 is 12.4 Å². The van der Waals surface area contributed by atoms with E-state index in [9.17, 15) is 4.79 Å². The molecule has 1 heterocycles. The maximum Gasteiger partial charge on any atom is 0.404 e. The Morgan fingerprint density at radius 1 is 1.35 bits per heavy atom. The van der Waals surface area contributed by atoms with Crippen LogP contribution in [0.4, 0.5) is 10.6 Å². The Hall–Kier alpha value is -2.08. The number of anilines is 1. The van der Waals surface area contributed by atoms with Gasteiger partial charge >= 0.3 is 6.09 Å². The van der Waals surface area contributed by atoms with Crippen LogP contribution in [0.3, 0.4) is 0 Å². The van der Waals surface area contributed by atoms with Gasteiger partial charge < -0.3 is 25.2 Å². The summed E-state index contributed by atoms with van der Waals surface area (Å²) in [7, 11) is 0. The van der Waals surface area contributed by atoms with Gasteiger partial charge in [-0.25, -0.2) is 9.78 Å². The number of ether oxygens (including phenoxy) is 2. The van der Waals surface area contributed by atoms with E-state index in [0.29, 0.717) is 31.1 Å². The third kappa shape index (κ3) is 7.87. The lowest BCUT2D eigenvalue weighted by molar-refractivity contribution is -0.0969. The van der Waals surface area contributed by atoms with E-state index in [2.05, 4.69) is 32.4 Å². The molecule has 1 aromatic heterocycles. The van der Waals surface area contributed by atoms with E-state index in [-0.39, 0.29) is 17.2 Å². The second-order valence-corrected chi connectivity index (χ2v) is 5.93. The molecule has 144 valence electrons. The molecule has 0 bridgehead atoms. The zero-order chi connectivity index (χ0) is 19.5. The number of carbonyl (C=O) groups is 1. The van der Waals surface area contributed by atoms with E-state index in [0.717, 1.165) is 0 Å². The Morgan fingerprint density at radius 3 is 2.54 bits per heavy atom. The Kier molecular flexibility index (Phi) is 9.73. The van der Waals surface area contributed by atoms with Gasteiger partial charge in [-0.1, -0.05) is 19.8 Å². The Labute approximate surface area is 158 Å². The summed E-state index contributed by atoms with van der Waals surface area (Å²) in [6.07, 6.45) is -0.234. The van der Waals surface area contributed by atoms with Gasteiger partial charge in [0.25, 0.3) is 0 Å². The van der Waals surface area contributed by atoms with Gasteiger partial charge in [-0.15, -0.1) is 0 Å². The standard InChI is InChI=1S/C17H25ClN4O4/c1-5-25-14(26-6-2)8-7-12-9-20-16(18)22-15(12)19-10-13(11(3)4)21-17(23)24/h9,11,13-14,21H,5-6,10H2,1-4H3,(H,23,24)(H,19,20,22)/t13-/m1/s1. The number of carboxylic acid groups (broad SMARTS) is 1. The second-order valence-electron chi connectivity index (χ2n) is 5.59. The van der Waals surface area contributed by atoms with Gasteiger partial charge in [0.1, 0.15) is 5.82 Å². The fraction of sp³-hybridized carbons (Fsp3) is 0.588. The first-order valence-corrected chi connectivity index (χ1v) is 8.75. The lowest BCUT2D eigenvalue weighted by Crippen LogP contribution is -2.42. The first kappa shape index (κ1) is 22.0. The molecule has 1 atom stereocenters. The van der Waals surface area contributed by atoms with Gasteiger partial charge in [-0.3, -0.25) is 0 Å². The highest BCUT2D eigenvalue weighted by Crippen LogP contribution is 2.14. The SMILES string of the molecule is CCOC(C#Cc1cnc(Cl)nc1NC[C@@H](NC(=O)O)C(C)C)OCC. The number of halogens is 1. The van der Waals surface area contributed by atoms with Crippen molar-refractivity contribution in [2.24, 2.45) is 5.92 Å². The van der Waals surface area contributed by atoms with Gasteiger partial charge in [0.2, 0.25) is 11.6 Å². The smallest absolute Gasteiger partial charge is 0.404 e. The minimum Gasteiger partial charge on any atom is -0.465 e. The molecule has 0 aliphatic heterocycles. The maximum atomic E-state index is 10.9. The molecule has 0 aliphatic carbocycles. The van der Waals surface area contributed by atoms with Crippen LogP contribution in [0.15, 0.2) is 6.20 Å². The van der Waals surface area contributed by atoms with Crippen LogP contribution in [0, 0.1) is 17.8 Å². The zero-order valence-electron chi connectivity index (χ0n) is 15.4. The summed E-state index contributed by atoms with van der Waals surface area (Å²) in [5, 5.41) is 14.6. The van der Waals surface area contributed by atoms with Crippen LogP contribution >= 0.6 is 11.6 Å². The van der Waals surface area contributed by atoms with Gasteiger partial charge in [-0.05, 0) is 37.3 Å². The molecule has 26 heavy (non-hydrogen) atoms. The van der Waals surface area contributed by atoms with Crippen molar-refractivity contribution in [1.29, 1.82) is 0 Å². The fourth-order valence-electron chi connectivity index (χ4n) is 1.98.